The summed E-state index contributed by atoms with van der Waals surface area (Å²) in [6.45, 7) is 0. The van der Waals surface area contributed by atoms with E-state index in [9.17, 15) is 9.90 Å². The van der Waals surface area contributed by atoms with Gasteiger partial charge in [0.25, 0.3) is 0 Å². The quantitative estimate of drug-likeness (QED) is 0.724. The van der Waals surface area contributed by atoms with Gasteiger partial charge in [0.1, 0.15) is 0 Å². The number of aliphatic hydroxyl groups excluding tert-OH is 1. The van der Waals surface area contributed by atoms with Crippen molar-refractivity contribution >= 4 is 17.9 Å². The fourth-order valence-electron chi connectivity index (χ4n) is 2.97. The monoisotopic (exact) mass is 342 g/mol. The van der Waals surface area contributed by atoms with Crippen LogP contribution < -0.4 is 0 Å². The smallest absolute Gasteiger partial charge is 0.219 e. The molecule has 0 aliphatic heterocycles. The highest BCUT2D eigenvalue weighted by Gasteiger charge is 2.20. The summed E-state index contributed by atoms with van der Waals surface area (Å²) in [4.78, 5) is 11.8. The van der Waals surface area contributed by atoms with Crippen LogP contribution in [0.4, 0.5) is 0 Å². The van der Waals surface area contributed by atoms with Gasteiger partial charge in [-0.25, -0.2) is 0 Å². The van der Waals surface area contributed by atoms with Crippen molar-refractivity contribution in [3.63, 3.8) is 0 Å². The SMILES string of the molecule is O=C1C=C(CC=Cc2ccccc2)C(CC=Cc2ccccc2)C=C1O. The van der Waals surface area contributed by atoms with E-state index >= 15 is 0 Å². The van der Waals surface area contributed by atoms with Crippen molar-refractivity contribution in [1.29, 1.82) is 0 Å². The Morgan fingerprint density at radius 1 is 0.846 bits per heavy atom. The number of hydrogen-bond acceptors (Lipinski definition) is 2. The molecule has 2 aromatic carbocycles. The van der Waals surface area contributed by atoms with Crippen molar-refractivity contribution < 1.29 is 9.90 Å². The third-order valence-corrected chi connectivity index (χ3v) is 4.37. The minimum atomic E-state index is -0.309. The third kappa shape index (κ3) is 4.93. The number of carbonyl (C=O) groups is 1. The average Bonchev–Trinajstić information content (AvgIpc) is 2.67. The Labute approximate surface area is 154 Å². The van der Waals surface area contributed by atoms with E-state index in [0.717, 1.165) is 23.1 Å². The summed E-state index contributed by atoms with van der Waals surface area (Å²) >= 11 is 0. The van der Waals surface area contributed by atoms with Gasteiger partial charge in [-0.3, -0.25) is 4.79 Å². The molecule has 3 rings (SSSR count). The Hall–Kier alpha value is -3.13. The van der Waals surface area contributed by atoms with Gasteiger partial charge in [-0.15, -0.1) is 0 Å². The molecule has 0 fully saturated rings. The van der Waals surface area contributed by atoms with Crippen LogP contribution in [0.15, 0.2) is 96.3 Å². The van der Waals surface area contributed by atoms with Crippen LogP contribution in [0.2, 0.25) is 0 Å². The van der Waals surface area contributed by atoms with E-state index in [1.165, 1.54) is 0 Å². The highest BCUT2D eigenvalue weighted by Crippen LogP contribution is 2.27. The Kier molecular flexibility index (Phi) is 6.00. The van der Waals surface area contributed by atoms with Crippen LogP contribution >= 0.6 is 0 Å². The number of aliphatic hydroxyl groups is 1. The number of benzene rings is 2. The van der Waals surface area contributed by atoms with Gasteiger partial charge < -0.3 is 5.11 Å². The molecule has 0 bridgehead atoms. The molecule has 0 saturated heterocycles. The first-order chi connectivity index (χ1) is 12.7. The topological polar surface area (TPSA) is 37.3 Å². The van der Waals surface area contributed by atoms with Crippen molar-refractivity contribution in [2.45, 2.75) is 12.8 Å². The minimum absolute atomic E-state index is 0.0353. The molecule has 1 atom stereocenters. The molecule has 0 amide bonds. The van der Waals surface area contributed by atoms with E-state index < -0.39 is 0 Å². The summed E-state index contributed by atoms with van der Waals surface area (Å²) < 4.78 is 0. The molecule has 2 aromatic rings. The molecule has 26 heavy (non-hydrogen) atoms. The average molecular weight is 342 g/mol. The number of carbonyl (C=O) groups excluding carboxylic acids is 1. The van der Waals surface area contributed by atoms with Crippen molar-refractivity contribution in [2.24, 2.45) is 5.92 Å². The van der Waals surface area contributed by atoms with Crippen LogP contribution in [0.25, 0.3) is 12.2 Å². The molecule has 1 aliphatic carbocycles. The van der Waals surface area contributed by atoms with E-state index in [1.807, 2.05) is 60.7 Å². The van der Waals surface area contributed by atoms with Crippen LogP contribution in [0.5, 0.6) is 0 Å². The van der Waals surface area contributed by atoms with Crippen molar-refractivity contribution in [2.75, 3.05) is 0 Å². The molecule has 2 heteroatoms. The maximum Gasteiger partial charge on any atom is 0.219 e. The molecule has 1 unspecified atom stereocenters. The van der Waals surface area contributed by atoms with Crippen LogP contribution in [0.1, 0.15) is 24.0 Å². The first-order valence-electron chi connectivity index (χ1n) is 8.81. The zero-order valence-corrected chi connectivity index (χ0v) is 14.6. The predicted molar refractivity (Wildman–Crippen MR) is 107 cm³/mol. The Morgan fingerprint density at radius 3 is 2.04 bits per heavy atom. The number of allylic oxidation sites excluding steroid dienone is 5. The Morgan fingerprint density at radius 2 is 1.42 bits per heavy atom. The molecule has 0 heterocycles. The number of ketones is 1. The lowest BCUT2D eigenvalue weighted by Crippen LogP contribution is -2.12. The van der Waals surface area contributed by atoms with Gasteiger partial charge in [0, 0.05) is 5.92 Å². The van der Waals surface area contributed by atoms with Gasteiger partial charge in [-0.2, -0.15) is 0 Å². The van der Waals surface area contributed by atoms with Gasteiger partial charge >= 0.3 is 0 Å². The summed E-state index contributed by atoms with van der Waals surface area (Å²) in [5, 5.41) is 9.81. The fourth-order valence-corrected chi connectivity index (χ4v) is 2.97. The molecule has 0 aromatic heterocycles. The number of hydrogen-bond donors (Lipinski definition) is 1. The standard InChI is InChI=1S/C24H22O2/c25-23-17-21(15-7-13-19-9-3-1-4-10-19)22(18-24(23)26)16-8-14-20-11-5-2-6-12-20/h1-14,17-18,21,25H,15-16H2. The zero-order valence-electron chi connectivity index (χ0n) is 14.6. The molecular formula is C24H22O2. The molecule has 2 nitrogen and oxygen atoms in total. The van der Waals surface area contributed by atoms with Gasteiger partial charge in [0.15, 0.2) is 5.76 Å². The summed E-state index contributed by atoms with van der Waals surface area (Å²) in [7, 11) is 0. The molecule has 1 N–H and O–H groups in total. The second-order valence-electron chi connectivity index (χ2n) is 6.31. The van der Waals surface area contributed by atoms with Gasteiger partial charge in [0.2, 0.25) is 5.78 Å². The first kappa shape index (κ1) is 17.7. The summed E-state index contributed by atoms with van der Waals surface area (Å²) in [5.74, 6) is -0.427. The molecule has 0 saturated carbocycles. The van der Waals surface area contributed by atoms with Crippen LogP contribution in [0, 0.1) is 5.92 Å². The first-order valence-corrected chi connectivity index (χ1v) is 8.81. The summed E-state index contributed by atoms with van der Waals surface area (Å²) in [5.41, 5.74) is 3.30. The second-order valence-corrected chi connectivity index (χ2v) is 6.31. The van der Waals surface area contributed by atoms with Gasteiger partial charge in [-0.1, -0.05) is 90.5 Å². The van der Waals surface area contributed by atoms with E-state index in [-0.39, 0.29) is 17.5 Å². The minimum Gasteiger partial charge on any atom is -0.504 e. The Bertz CT molecular complexity index is 856. The van der Waals surface area contributed by atoms with E-state index in [4.69, 9.17) is 0 Å². The van der Waals surface area contributed by atoms with Crippen LogP contribution in [-0.4, -0.2) is 10.9 Å². The normalized spacial score (nSPS) is 17.5. The van der Waals surface area contributed by atoms with Crippen molar-refractivity contribution in [1.82, 2.24) is 0 Å². The van der Waals surface area contributed by atoms with Crippen molar-refractivity contribution in [3.05, 3.63) is 107 Å². The lowest BCUT2D eigenvalue weighted by molar-refractivity contribution is -0.113. The lowest BCUT2D eigenvalue weighted by Gasteiger charge is -2.18. The molecular weight excluding hydrogens is 320 g/mol. The zero-order chi connectivity index (χ0) is 18.2. The molecule has 0 spiro atoms. The maximum absolute atomic E-state index is 11.8. The Balaban J connectivity index is 1.67. The van der Waals surface area contributed by atoms with Crippen LogP contribution in [-0.2, 0) is 4.79 Å². The van der Waals surface area contributed by atoms with Gasteiger partial charge in [-0.05, 0) is 36.1 Å². The molecule has 130 valence electrons. The molecule has 1 aliphatic rings. The largest absolute Gasteiger partial charge is 0.504 e. The fraction of sp³-hybridized carbons (Fsp3) is 0.125. The maximum atomic E-state index is 11.8. The number of rotatable bonds is 6. The van der Waals surface area contributed by atoms with Gasteiger partial charge in [0.05, 0.1) is 0 Å². The van der Waals surface area contributed by atoms with E-state index in [2.05, 4.69) is 24.3 Å². The lowest BCUT2D eigenvalue weighted by atomic mass is 9.87. The van der Waals surface area contributed by atoms with E-state index in [0.29, 0.717) is 6.42 Å². The van der Waals surface area contributed by atoms with Crippen molar-refractivity contribution in [3.8, 4) is 0 Å². The predicted octanol–water partition coefficient (Wildman–Crippen LogP) is 5.76. The highest BCUT2D eigenvalue weighted by atomic mass is 16.3. The highest BCUT2D eigenvalue weighted by molar-refractivity contribution is 6.03. The second kappa shape index (κ2) is 8.82. The summed E-state index contributed by atoms with van der Waals surface area (Å²) in [6.07, 6.45) is 13.0. The van der Waals surface area contributed by atoms with E-state index in [1.54, 1.807) is 12.2 Å². The molecule has 0 radical (unpaired) electrons. The van der Waals surface area contributed by atoms with Crippen LogP contribution in [0.3, 0.4) is 0 Å². The summed E-state index contributed by atoms with van der Waals surface area (Å²) in [6, 6.07) is 20.2. The third-order valence-electron chi connectivity index (χ3n) is 4.37.